The summed E-state index contributed by atoms with van der Waals surface area (Å²) in [5, 5.41) is -0.252. The molecule has 2 fully saturated rings. The van der Waals surface area contributed by atoms with E-state index in [4.69, 9.17) is 4.74 Å². The van der Waals surface area contributed by atoms with Crippen molar-refractivity contribution in [3.63, 3.8) is 0 Å². The molecule has 0 radical (unpaired) electrons. The standard InChI is InChI=1S/C22H28N4O4S/c1-15-12-14-26(22(15,2)3)20-17(9-6-13-23-20)21(27)25-31(28,29)19-11-5-10-18(24-19)30-16-7-4-8-16/h5-6,9-11,13,15-16H,4,7-8,12,14H2,1-3H3,(H,25,27). The van der Waals surface area contributed by atoms with Gasteiger partial charge < -0.3 is 9.64 Å². The van der Waals surface area contributed by atoms with Crippen molar-refractivity contribution in [1.82, 2.24) is 14.7 Å². The molecule has 0 spiro atoms. The van der Waals surface area contributed by atoms with Crippen LogP contribution in [0.4, 0.5) is 5.82 Å². The summed E-state index contributed by atoms with van der Waals surface area (Å²) in [5.74, 6) is 0.414. The fourth-order valence-electron chi connectivity index (χ4n) is 3.90. The zero-order chi connectivity index (χ0) is 22.2. The minimum Gasteiger partial charge on any atom is -0.474 e. The number of anilines is 1. The molecule has 1 saturated heterocycles. The van der Waals surface area contributed by atoms with Crippen molar-refractivity contribution in [2.24, 2.45) is 5.92 Å². The van der Waals surface area contributed by atoms with Crippen molar-refractivity contribution < 1.29 is 17.9 Å². The summed E-state index contributed by atoms with van der Waals surface area (Å²) in [6.45, 7) is 7.13. The maximum atomic E-state index is 13.0. The van der Waals surface area contributed by atoms with Gasteiger partial charge in [0, 0.05) is 24.3 Å². The van der Waals surface area contributed by atoms with E-state index in [0.29, 0.717) is 11.7 Å². The van der Waals surface area contributed by atoms with Gasteiger partial charge >= 0.3 is 0 Å². The lowest BCUT2D eigenvalue weighted by Gasteiger charge is -2.36. The highest BCUT2D eigenvalue weighted by Gasteiger charge is 2.40. The lowest BCUT2D eigenvalue weighted by molar-refractivity contribution is 0.0980. The van der Waals surface area contributed by atoms with Crippen molar-refractivity contribution in [3.05, 3.63) is 42.1 Å². The van der Waals surface area contributed by atoms with Crippen LogP contribution in [0.2, 0.25) is 0 Å². The Hall–Kier alpha value is -2.68. The molecule has 166 valence electrons. The van der Waals surface area contributed by atoms with Gasteiger partial charge in [-0.25, -0.2) is 9.71 Å². The van der Waals surface area contributed by atoms with Crippen LogP contribution in [0.1, 0.15) is 56.8 Å². The third kappa shape index (κ3) is 4.23. The largest absolute Gasteiger partial charge is 0.474 e. The zero-order valence-corrected chi connectivity index (χ0v) is 18.9. The molecule has 31 heavy (non-hydrogen) atoms. The predicted molar refractivity (Wildman–Crippen MR) is 117 cm³/mol. The fourth-order valence-corrected chi connectivity index (χ4v) is 4.82. The number of nitrogens with one attached hydrogen (secondary N) is 1. The average Bonchev–Trinajstić information content (AvgIpc) is 2.97. The van der Waals surface area contributed by atoms with Gasteiger partial charge in [-0.15, -0.1) is 0 Å². The first kappa shape index (κ1) is 21.5. The summed E-state index contributed by atoms with van der Waals surface area (Å²) >= 11 is 0. The maximum absolute atomic E-state index is 13.0. The van der Waals surface area contributed by atoms with E-state index in [1.165, 1.54) is 6.07 Å². The van der Waals surface area contributed by atoms with Crippen LogP contribution in [0.15, 0.2) is 41.6 Å². The number of carbonyl (C=O) groups excluding carboxylic acids is 1. The smallest absolute Gasteiger partial charge is 0.281 e. The van der Waals surface area contributed by atoms with Gasteiger partial charge in [-0.3, -0.25) is 4.79 Å². The van der Waals surface area contributed by atoms with Crippen LogP contribution in [0.25, 0.3) is 0 Å². The quantitative estimate of drug-likeness (QED) is 0.730. The van der Waals surface area contributed by atoms with E-state index in [1.807, 2.05) is 0 Å². The highest BCUT2D eigenvalue weighted by molar-refractivity contribution is 7.90. The Bertz CT molecular complexity index is 1080. The number of hydrogen-bond acceptors (Lipinski definition) is 7. The molecule has 4 rings (SSSR count). The van der Waals surface area contributed by atoms with Gasteiger partial charge in [0.25, 0.3) is 15.9 Å². The second-order valence-electron chi connectivity index (χ2n) is 8.79. The van der Waals surface area contributed by atoms with Crippen molar-refractivity contribution in [2.45, 2.75) is 63.1 Å². The van der Waals surface area contributed by atoms with Gasteiger partial charge in [0.1, 0.15) is 11.9 Å². The zero-order valence-electron chi connectivity index (χ0n) is 18.0. The summed E-state index contributed by atoms with van der Waals surface area (Å²) in [6, 6.07) is 7.75. The summed E-state index contributed by atoms with van der Waals surface area (Å²) in [4.78, 5) is 23.6. The molecule has 1 atom stereocenters. The highest BCUT2D eigenvalue weighted by Crippen LogP contribution is 2.38. The van der Waals surface area contributed by atoms with Gasteiger partial charge in [-0.1, -0.05) is 13.0 Å². The molecule has 1 aliphatic carbocycles. The third-order valence-electron chi connectivity index (χ3n) is 6.51. The average molecular weight is 445 g/mol. The lowest BCUT2D eigenvalue weighted by Crippen LogP contribution is -2.43. The van der Waals surface area contributed by atoms with E-state index < -0.39 is 15.9 Å². The molecule has 2 aromatic rings. The second-order valence-corrected chi connectivity index (χ2v) is 10.4. The number of sulfonamides is 1. The predicted octanol–water partition coefficient (Wildman–Crippen LogP) is 3.15. The Balaban J connectivity index is 1.57. The molecular weight excluding hydrogens is 416 g/mol. The van der Waals surface area contributed by atoms with Crippen LogP contribution in [-0.2, 0) is 10.0 Å². The molecule has 0 bridgehead atoms. The number of pyridine rings is 2. The van der Waals surface area contributed by atoms with Crippen molar-refractivity contribution >= 4 is 21.7 Å². The summed E-state index contributed by atoms with van der Waals surface area (Å²) in [5.41, 5.74) is 0.0203. The molecule has 9 heteroatoms. The van der Waals surface area contributed by atoms with Crippen LogP contribution in [-0.4, -0.2) is 42.5 Å². The minimum atomic E-state index is -4.17. The summed E-state index contributed by atoms with van der Waals surface area (Å²) < 4.78 is 33.6. The Kier molecular flexibility index (Phi) is 5.63. The van der Waals surface area contributed by atoms with Gasteiger partial charge in [0.05, 0.1) is 5.56 Å². The minimum absolute atomic E-state index is 0.0733. The molecule has 8 nitrogen and oxygen atoms in total. The highest BCUT2D eigenvalue weighted by atomic mass is 32.2. The van der Waals surface area contributed by atoms with Crippen LogP contribution in [0, 0.1) is 5.92 Å². The first-order valence-electron chi connectivity index (χ1n) is 10.6. The van der Waals surface area contributed by atoms with Gasteiger partial charge in [-0.05, 0) is 63.6 Å². The van der Waals surface area contributed by atoms with Crippen LogP contribution in [0.5, 0.6) is 5.88 Å². The molecule has 2 aromatic heterocycles. The van der Waals surface area contributed by atoms with Crippen molar-refractivity contribution in [2.75, 3.05) is 11.4 Å². The molecule has 1 saturated carbocycles. The Morgan fingerprint density at radius 1 is 1.19 bits per heavy atom. The Morgan fingerprint density at radius 2 is 1.97 bits per heavy atom. The fraction of sp³-hybridized carbons (Fsp3) is 0.500. The number of ether oxygens (including phenoxy) is 1. The topological polar surface area (TPSA) is 101 Å². The van der Waals surface area contributed by atoms with E-state index in [1.54, 1.807) is 30.5 Å². The molecule has 1 N–H and O–H groups in total. The van der Waals surface area contributed by atoms with Crippen molar-refractivity contribution in [3.8, 4) is 5.88 Å². The Morgan fingerprint density at radius 3 is 2.61 bits per heavy atom. The first-order chi connectivity index (χ1) is 14.7. The SMILES string of the molecule is CC1CCN(c2ncccc2C(=O)NS(=O)(=O)c2cccc(OC3CCC3)n2)C1(C)C. The monoisotopic (exact) mass is 444 g/mol. The molecule has 1 unspecified atom stereocenters. The molecule has 1 amide bonds. The van der Waals surface area contributed by atoms with Crippen LogP contribution < -0.4 is 14.4 Å². The summed E-state index contributed by atoms with van der Waals surface area (Å²) in [6.07, 6.45) is 5.63. The van der Waals surface area contributed by atoms with E-state index in [2.05, 4.69) is 40.4 Å². The molecular formula is C22H28N4O4S. The number of nitrogens with zero attached hydrogens (tertiary/aromatic N) is 3. The molecule has 1 aliphatic heterocycles. The van der Waals surface area contributed by atoms with Gasteiger partial charge in [0.2, 0.25) is 5.88 Å². The first-order valence-corrected chi connectivity index (χ1v) is 12.1. The molecule has 0 aromatic carbocycles. The number of amides is 1. The van der Waals surface area contributed by atoms with Gasteiger partial charge in [-0.2, -0.15) is 13.4 Å². The second kappa shape index (κ2) is 8.11. The Labute approximate surface area is 183 Å². The lowest BCUT2D eigenvalue weighted by atomic mass is 9.90. The van der Waals surface area contributed by atoms with Gasteiger partial charge in [0.15, 0.2) is 5.03 Å². The van der Waals surface area contributed by atoms with Crippen LogP contribution >= 0.6 is 0 Å². The maximum Gasteiger partial charge on any atom is 0.281 e. The molecule has 3 heterocycles. The third-order valence-corrected chi connectivity index (χ3v) is 7.75. The number of rotatable bonds is 6. The summed E-state index contributed by atoms with van der Waals surface area (Å²) in [7, 11) is -4.17. The number of aromatic nitrogens is 2. The number of hydrogen-bond donors (Lipinski definition) is 1. The van der Waals surface area contributed by atoms with Crippen LogP contribution in [0.3, 0.4) is 0 Å². The van der Waals surface area contributed by atoms with Crippen molar-refractivity contribution in [1.29, 1.82) is 0 Å². The van der Waals surface area contributed by atoms with E-state index >= 15 is 0 Å². The molecule has 2 aliphatic rings. The van der Waals surface area contributed by atoms with E-state index in [9.17, 15) is 13.2 Å². The van der Waals surface area contributed by atoms with E-state index in [-0.39, 0.29) is 28.1 Å². The van der Waals surface area contributed by atoms with E-state index in [0.717, 1.165) is 32.2 Å². The normalized spacial score (nSPS) is 20.9. The number of carbonyl (C=O) groups is 1.